The third kappa shape index (κ3) is 2.36. The Morgan fingerprint density at radius 3 is 2.60 bits per heavy atom. The molecule has 0 aliphatic heterocycles. The number of rotatable bonds is 3. The summed E-state index contributed by atoms with van der Waals surface area (Å²) < 4.78 is 14.1. The van der Waals surface area contributed by atoms with Crippen LogP contribution in [-0.4, -0.2) is 0 Å². The summed E-state index contributed by atoms with van der Waals surface area (Å²) in [6, 6.07) is 15.8. The predicted molar refractivity (Wildman–Crippen MR) is 80.2 cm³/mol. The molecular formula is C16H11FN2S. The molecule has 20 heavy (non-hydrogen) atoms. The fourth-order valence-corrected chi connectivity index (χ4v) is 3.10. The quantitative estimate of drug-likeness (QED) is 0.754. The van der Waals surface area contributed by atoms with Gasteiger partial charge in [0.05, 0.1) is 6.07 Å². The van der Waals surface area contributed by atoms with Crippen LogP contribution in [0.4, 0.5) is 10.1 Å². The number of halogens is 1. The second-order valence-electron chi connectivity index (χ2n) is 4.40. The van der Waals surface area contributed by atoms with Crippen LogP contribution in [0.5, 0.6) is 0 Å². The Hall–Kier alpha value is -2.38. The molecule has 4 heteroatoms. The molecule has 1 atom stereocenters. The molecule has 0 saturated heterocycles. The Bertz CT molecular complexity index is 771. The molecule has 0 spiro atoms. The number of nitrogens with zero attached hydrogens (tertiary/aromatic N) is 1. The summed E-state index contributed by atoms with van der Waals surface area (Å²) in [5, 5.41) is 15.6. The predicted octanol–water partition coefficient (Wildman–Crippen LogP) is 4.72. The highest BCUT2D eigenvalue weighted by atomic mass is 32.1. The van der Waals surface area contributed by atoms with Gasteiger partial charge in [0.2, 0.25) is 0 Å². The van der Waals surface area contributed by atoms with Crippen LogP contribution >= 0.6 is 11.3 Å². The van der Waals surface area contributed by atoms with Gasteiger partial charge in [0.15, 0.2) is 0 Å². The highest BCUT2D eigenvalue weighted by Crippen LogP contribution is 2.31. The van der Waals surface area contributed by atoms with E-state index in [1.807, 2.05) is 29.6 Å². The van der Waals surface area contributed by atoms with E-state index in [0.29, 0.717) is 0 Å². The van der Waals surface area contributed by atoms with Crippen molar-refractivity contribution in [3.05, 3.63) is 65.3 Å². The molecule has 1 unspecified atom stereocenters. The third-order valence-electron chi connectivity index (χ3n) is 3.11. The second kappa shape index (κ2) is 5.32. The molecule has 2 nitrogen and oxygen atoms in total. The largest absolute Gasteiger partial charge is 0.366 e. The second-order valence-corrected chi connectivity index (χ2v) is 5.31. The molecule has 0 bridgehead atoms. The van der Waals surface area contributed by atoms with E-state index in [0.717, 1.165) is 21.3 Å². The van der Waals surface area contributed by atoms with E-state index < -0.39 is 6.04 Å². The van der Waals surface area contributed by atoms with Gasteiger partial charge in [-0.05, 0) is 41.1 Å². The van der Waals surface area contributed by atoms with Gasteiger partial charge in [-0.3, -0.25) is 0 Å². The van der Waals surface area contributed by atoms with Gasteiger partial charge in [0, 0.05) is 16.0 Å². The van der Waals surface area contributed by atoms with E-state index in [2.05, 4.69) is 11.4 Å². The fraction of sp³-hybridized carbons (Fsp3) is 0.0625. The third-order valence-corrected chi connectivity index (χ3v) is 4.09. The zero-order valence-electron chi connectivity index (χ0n) is 10.5. The van der Waals surface area contributed by atoms with E-state index in [-0.39, 0.29) is 5.82 Å². The number of anilines is 1. The van der Waals surface area contributed by atoms with Crippen LogP contribution in [0.2, 0.25) is 0 Å². The summed E-state index contributed by atoms with van der Waals surface area (Å²) in [7, 11) is 0. The maximum absolute atomic E-state index is 12.9. The number of fused-ring (bicyclic) bond motifs is 1. The summed E-state index contributed by atoms with van der Waals surface area (Å²) in [6.45, 7) is 0. The monoisotopic (exact) mass is 282 g/mol. The van der Waals surface area contributed by atoms with E-state index in [9.17, 15) is 9.65 Å². The molecule has 2 aromatic carbocycles. The first-order valence-corrected chi connectivity index (χ1v) is 7.04. The van der Waals surface area contributed by atoms with E-state index in [4.69, 9.17) is 0 Å². The van der Waals surface area contributed by atoms with Crippen LogP contribution < -0.4 is 5.32 Å². The Morgan fingerprint density at radius 2 is 1.85 bits per heavy atom. The van der Waals surface area contributed by atoms with Crippen molar-refractivity contribution in [1.29, 1.82) is 5.26 Å². The standard InChI is InChI=1S/C16H11FN2S/c17-11-5-7-12(8-6-11)19-15(9-18)14-10-20-16-4-2-1-3-13(14)16/h1-8,10,15,19H. The van der Waals surface area contributed by atoms with Crippen molar-refractivity contribution in [2.45, 2.75) is 6.04 Å². The van der Waals surface area contributed by atoms with Gasteiger partial charge in [-0.1, -0.05) is 18.2 Å². The maximum atomic E-state index is 12.9. The highest BCUT2D eigenvalue weighted by molar-refractivity contribution is 7.17. The number of thiophene rings is 1. The average Bonchev–Trinajstić information content (AvgIpc) is 2.91. The lowest BCUT2D eigenvalue weighted by atomic mass is 10.1. The lowest BCUT2D eigenvalue weighted by Crippen LogP contribution is -2.07. The summed E-state index contributed by atoms with van der Waals surface area (Å²) in [6.07, 6.45) is 0. The molecule has 1 N–H and O–H groups in total. The van der Waals surface area contributed by atoms with Gasteiger partial charge in [-0.15, -0.1) is 11.3 Å². The highest BCUT2D eigenvalue weighted by Gasteiger charge is 2.15. The SMILES string of the molecule is N#CC(Nc1ccc(F)cc1)c1csc2ccccc12. The summed E-state index contributed by atoms with van der Waals surface area (Å²) in [5.74, 6) is -0.287. The maximum Gasteiger partial charge on any atom is 0.141 e. The van der Waals surface area contributed by atoms with Crippen molar-refractivity contribution < 1.29 is 4.39 Å². The molecule has 1 aromatic heterocycles. The van der Waals surface area contributed by atoms with Gasteiger partial charge >= 0.3 is 0 Å². The molecule has 3 aromatic rings. The minimum Gasteiger partial charge on any atom is -0.366 e. The number of nitriles is 1. The molecule has 0 aliphatic rings. The van der Waals surface area contributed by atoms with Crippen LogP contribution in [0.3, 0.4) is 0 Å². The van der Waals surface area contributed by atoms with Crippen molar-refractivity contribution >= 4 is 27.1 Å². The zero-order chi connectivity index (χ0) is 13.9. The Morgan fingerprint density at radius 1 is 1.10 bits per heavy atom. The summed E-state index contributed by atoms with van der Waals surface area (Å²) >= 11 is 1.62. The molecule has 0 amide bonds. The number of hydrogen-bond donors (Lipinski definition) is 1. The van der Waals surface area contributed by atoms with Crippen LogP contribution in [0, 0.1) is 17.1 Å². The van der Waals surface area contributed by atoms with E-state index >= 15 is 0 Å². The minimum absolute atomic E-state index is 0.287. The Kier molecular flexibility index (Phi) is 3.36. The first kappa shape index (κ1) is 12.6. The van der Waals surface area contributed by atoms with E-state index in [1.54, 1.807) is 23.5 Å². The fourth-order valence-electron chi connectivity index (χ4n) is 2.11. The van der Waals surface area contributed by atoms with Crippen LogP contribution in [0.1, 0.15) is 11.6 Å². The Balaban J connectivity index is 1.94. The summed E-state index contributed by atoms with van der Waals surface area (Å²) in [5.41, 5.74) is 1.69. The van der Waals surface area contributed by atoms with Crippen molar-refractivity contribution in [3.8, 4) is 6.07 Å². The van der Waals surface area contributed by atoms with Crippen LogP contribution in [0.15, 0.2) is 53.9 Å². The molecule has 0 radical (unpaired) electrons. The normalized spacial score (nSPS) is 12.0. The molecule has 98 valence electrons. The molecule has 0 saturated carbocycles. The van der Waals surface area contributed by atoms with E-state index in [1.165, 1.54) is 12.1 Å². The summed E-state index contributed by atoms with van der Waals surface area (Å²) in [4.78, 5) is 0. The lowest BCUT2D eigenvalue weighted by molar-refractivity contribution is 0.628. The van der Waals surface area contributed by atoms with Crippen LogP contribution in [0.25, 0.3) is 10.1 Å². The lowest BCUT2D eigenvalue weighted by Gasteiger charge is -2.12. The minimum atomic E-state index is -0.448. The molecule has 0 aliphatic carbocycles. The van der Waals surface area contributed by atoms with Gasteiger partial charge in [-0.25, -0.2) is 4.39 Å². The number of nitrogens with one attached hydrogen (secondary N) is 1. The first-order valence-electron chi connectivity index (χ1n) is 6.16. The van der Waals surface area contributed by atoms with Gasteiger partial charge in [-0.2, -0.15) is 5.26 Å². The molecule has 3 rings (SSSR count). The zero-order valence-corrected chi connectivity index (χ0v) is 11.3. The van der Waals surface area contributed by atoms with Crippen molar-refractivity contribution in [3.63, 3.8) is 0 Å². The van der Waals surface area contributed by atoms with Crippen LogP contribution in [-0.2, 0) is 0 Å². The smallest absolute Gasteiger partial charge is 0.141 e. The first-order chi connectivity index (χ1) is 9.78. The number of benzene rings is 2. The Labute approximate surface area is 120 Å². The number of hydrogen-bond acceptors (Lipinski definition) is 3. The van der Waals surface area contributed by atoms with Gasteiger partial charge < -0.3 is 5.32 Å². The molecular weight excluding hydrogens is 271 g/mol. The van der Waals surface area contributed by atoms with Crippen molar-refractivity contribution in [1.82, 2.24) is 0 Å². The van der Waals surface area contributed by atoms with Crippen molar-refractivity contribution in [2.75, 3.05) is 5.32 Å². The molecule has 1 heterocycles. The average molecular weight is 282 g/mol. The van der Waals surface area contributed by atoms with Gasteiger partial charge in [0.25, 0.3) is 0 Å². The molecule has 0 fully saturated rings. The van der Waals surface area contributed by atoms with Crippen molar-refractivity contribution in [2.24, 2.45) is 0 Å². The topological polar surface area (TPSA) is 35.8 Å². The van der Waals surface area contributed by atoms with Gasteiger partial charge in [0.1, 0.15) is 11.9 Å².